The second-order valence-electron chi connectivity index (χ2n) is 3.68. The Morgan fingerprint density at radius 2 is 2.20 bits per heavy atom. The Morgan fingerprint density at radius 1 is 1.60 bits per heavy atom. The molecule has 3 nitrogen and oxygen atoms in total. The zero-order valence-electron chi connectivity index (χ0n) is 5.76. The van der Waals surface area contributed by atoms with E-state index in [0.717, 1.165) is 19.3 Å². The van der Waals surface area contributed by atoms with Gasteiger partial charge in [0.05, 0.1) is 6.42 Å². The van der Waals surface area contributed by atoms with Crippen LogP contribution in [0.1, 0.15) is 25.7 Å². The molecule has 0 aromatic rings. The van der Waals surface area contributed by atoms with Crippen LogP contribution in [0.25, 0.3) is 0 Å². The molecular weight excluding hydrogens is 130 g/mol. The molecule has 0 radical (unpaired) electrons. The third kappa shape index (κ3) is 0.611. The summed E-state index contributed by atoms with van der Waals surface area (Å²) in [4.78, 5) is 10.3. The topological polar surface area (TPSA) is 63.3 Å². The van der Waals surface area contributed by atoms with Gasteiger partial charge in [-0.25, -0.2) is 0 Å². The molecule has 56 valence electrons. The highest BCUT2D eigenvalue weighted by Crippen LogP contribution is 2.72. The molecule has 2 aliphatic rings. The van der Waals surface area contributed by atoms with Gasteiger partial charge in [0.2, 0.25) is 0 Å². The zero-order valence-corrected chi connectivity index (χ0v) is 5.76. The summed E-state index contributed by atoms with van der Waals surface area (Å²) in [5, 5.41) is 8.47. The third-order valence-electron chi connectivity index (χ3n) is 2.91. The van der Waals surface area contributed by atoms with Crippen LogP contribution in [0.3, 0.4) is 0 Å². The van der Waals surface area contributed by atoms with Gasteiger partial charge in [-0.3, -0.25) is 4.79 Å². The number of carbonyl (C=O) groups is 1. The Morgan fingerprint density at radius 3 is 2.50 bits per heavy atom. The lowest BCUT2D eigenvalue weighted by atomic mass is 10.1. The molecule has 0 bridgehead atoms. The van der Waals surface area contributed by atoms with Crippen molar-refractivity contribution in [2.75, 3.05) is 0 Å². The largest absolute Gasteiger partial charge is 0.481 e. The molecule has 1 atom stereocenters. The van der Waals surface area contributed by atoms with E-state index in [1.54, 1.807) is 0 Å². The monoisotopic (exact) mass is 141 g/mol. The van der Waals surface area contributed by atoms with Gasteiger partial charge in [-0.2, -0.15) is 0 Å². The summed E-state index contributed by atoms with van der Waals surface area (Å²) in [6.07, 6.45) is 3.40. The maximum absolute atomic E-state index is 10.3. The summed E-state index contributed by atoms with van der Waals surface area (Å²) in [5.41, 5.74) is 5.77. The first-order chi connectivity index (χ1) is 4.58. The molecule has 3 heteroatoms. The third-order valence-corrected chi connectivity index (χ3v) is 2.91. The Kier molecular flexibility index (Phi) is 0.844. The first-order valence-corrected chi connectivity index (χ1v) is 3.59. The summed E-state index contributed by atoms with van der Waals surface area (Å²) in [7, 11) is 0. The Labute approximate surface area is 59.2 Å². The van der Waals surface area contributed by atoms with Crippen LogP contribution in [-0.4, -0.2) is 16.6 Å². The van der Waals surface area contributed by atoms with Crippen LogP contribution in [0, 0.1) is 5.41 Å². The highest BCUT2D eigenvalue weighted by molar-refractivity contribution is 5.70. The lowest BCUT2D eigenvalue weighted by molar-refractivity contribution is -0.137. The molecule has 2 fully saturated rings. The van der Waals surface area contributed by atoms with Crippen molar-refractivity contribution >= 4 is 5.97 Å². The molecule has 0 aliphatic heterocycles. The first-order valence-electron chi connectivity index (χ1n) is 3.59. The predicted molar refractivity (Wildman–Crippen MR) is 35.5 cm³/mol. The lowest BCUT2D eigenvalue weighted by Gasteiger charge is -2.04. The predicted octanol–water partition coefficient (Wildman–Crippen LogP) is 0.342. The fourth-order valence-corrected chi connectivity index (χ4v) is 1.91. The van der Waals surface area contributed by atoms with Gasteiger partial charge in [-0.1, -0.05) is 0 Å². The Hall–Kier alpha value is -0.570. The molecule has 2 saturated carbocycles. The summed E-state index contributed by atoms with van der Waals surface area (Å²) >= 11 is 0. The van der Waals surface area contributed by atoms with Gasteiger partial charge in [0.25, 0.3) is 0 Å². The lowest BCUT2D eigenvalue weighted by Crippen LogP contribution is -2.28. The van der Waals surface area contributed by atoms with Crippen LogP contribution in [0.5, 0.6) is 0 Å². The van der Waals surface area contributed by atoms with Crippen molar-refractivity contribution < 1.29 is 9.90 Å². The Balaban J connectivity index is 2.00. The van der Waals surface area contributed by atoms with Crippen molar-refractivity contribution in [3.8, 4) is 0 Å². The average molecular weight is 141 g/mol. The van der Waals surface area contributed by atoms with Crippen LogP contribution >= 0.6 is 0 Å². The van der Waals surface area contributed by atoms with Gasteiger partial charge in [-0.05, 0) is 24.7 Å². The summed E-state index contributed by atoms with van der Waals surface area (Å²) < 4.78 is 0. The molecule has 3 N–H and O–H groups in total. The summed E-state index contributed by atoms with van der Waals surface area (Å²) in [5.74, 6) is -0.758. The van der Waals surface area contributed by atoms with Gasteiger partial charge in [-0.15, -0.1) is 0 Å². The van der Waals surface area contributed by atoms with Crippen LogP contribution in [0.2, 0.25) is 0 Å². The number of hydrogen-bond donors (Lipinski definition) is 2. The van der Waals surface area contributed by atoms with E-state index in [0.29, 0.717) is 0 Å². The minimum absolute atomic E-state index is 0.160. The molecule has 0 aromatic heterocycles. The van der Waals surface area contributed by atoms with Crippen LogP contribution < -0.4 is 5.73 Å². The van der Waals surface area contributed by atoms with Gasteiger partial charge >= 0.3 is 5.97 Å². The number of nitrogens with two attached hydrogens (primary N) is 1. The van der Waals surface area contributed by atoms with E-state index in [1.165, 1.54) is 0 Å². The minimum Gasteiger partial charge on any atom is -0.481 e. The van der Waals surface area contributed by atoms with Crippen LogP contribution in [0.15, 0.2) is 0 Å². The van der Waals surface area contributed by atoms with Gasteiger partial charge in [0, 0.05) is 5.54 Å². The maximum Gasteiger partial charge on any atom is 0.305 e. The zero-order chi connectivity index (χ0) is 7.41. The van der Waals surface area contributed by atoms with Crippen LogP contribution in [0.4, 0.5) is 0 Å². The second kappa shape index (κ2) is 1.37. The molecule has 2 rings (SSSR count). The maximum atomic E-state index is 10.3. The normalized spacial score (nSPS) is 39.7. The number of carboxylic acids is 1. The molecule has 2 aliphatic carbocycles. The molecule has 0 aromatic carbocycles. The molecule has 0 saturated heterocycles. The van der Waals surface area contributed by atoms with Crippen LogP contribution in [-0.2, 0) is 4.79 Å². The number of rotatable bonds is 2. The van der Waals surface area contributed by atoms with Crippen molar-refractivity contribution in [1.29, 1.82) is 0 Å². The van der Waals surface area contributed by atoms with Gasteiger partial charge in [0.15, 0.2) is 0 Å². The standard InChI is InChI=1S/C7H11NO2/c8-7(3-5(9)10)4-6(7)1-2-6/h1-4,8H2,(H,9,10). The van der Waals surface area contributed by atoms with E-state index in [9.17, 15) is 4.79 Å². The number of hydrogen-bond acceptors (Lipinski definition) is 2. The molecule has 10 heavy (non-hydrogen) atoms. The minimum atomic E-state index is -0.758. The average Bonchev–Trinajstić information content (AvgIpc) is 2.52. The van der Waals surface area contributed by atoms with Gasteiger partial charge in [0.1, 0.15) is 0 Å². The van der Waals surface area contributed by atoms with Crippen molar-refractivity contribution in [3.63, 3.8) is 0 Å². The first kappa shape index (κ1) is 6.16. The van der Waals surface area contributed by atoms with Gasteiger partial charge < -0.3 is 10.8 Å². The fraction of sp³-hybridized carbons (Fsp3) is 0.857. The summed E-state index contributed by atoms with van der Waals surface area (Å²) in [6.45, 7) is 0. The van der Waals surface area contributed by atoms with E-state index in [-0.39, 0.29) is 17.4 Å². The highest BCUT2D eigenvalue weighted by atomic mass is 16.4. The quantitative estimate of drug-likeness (QED) is 0.583. The van der Waals surface area contributed by atoms with Crippen molar-refractivity contribution in [3.05, 3.63) is 0 Å². The Bertz CT molecular complexity index is 198. The van der Waals surface area contributed by atoms with E-state index >= 15 is 0 Å². The molecular formula is C7H11NO2. The molecule has 0 amide bonds. The second-order valence-corrected chi connectivity index (χ2v) is 3.68. The molecule has 1 unspecified atom stereocenters. The smallest absolute Gasteiger partial charge is 0.305 e. The van der Waals surface area contributed by atoms with E-state index < -0.39 is 5.97 Å². The van der Waals surface area contributed by atoms with E-state index in [2.05, 4.69) is 0 Å². The number of aliphatic carboxylic acids is 1. The van der Waals surface area contributed by atoms with E-state index in [4.69, 9.17) is 10.8 Å². The van der Waals surface area contributed by atoms with Crippen molar-refractivity contribution in [2.45, 2.75) is 31.2 Å². The highest BCUT2D eigenvalue weighted by Gasteiger charge is 2.72. The molecule has 0 heterocycles. The molecule has 1 spiro atoms. The van der Waals surface area contributed by atoms with Crippen molar-refractivity contribution in [2.24, 2.45) is 11.1 Å². The van der Waals surface area contributed by atoms with Crippen molar-refractivity contribution in [1.82, 2.24) is 0 Å². The summed E-state index contributed by atoms with van der Waals surface area (Å²) in [6, 6.07) is 0. The number of carboxylic acid groups (broad SMARTS) is 1. The SMILES string of the molecule is NC1(CC(=O)O)CC12CC2. The van der Waals surface area contributed by atoms with E-state index in [1.807, 2.05) is 0 Å². The fourth-order valence-electron chi connectivity index (χ4n) is 1.91.